The molecule has 0 aliphatic carbocycles. The molecule has 0 fully saturated rings. The monoisotopic (exact) mass is 332 g/mol. The molecule has 1 heterocycles. The number of thiazole rings is 1. The summed E-state index contributed by atoms with van der Waals surface area (Å²) < 4.78 is 4.95. The number of carbonyl (C=O) groups is 2. The number of hydrogen-bond acceptors (Lipinski definition) is 5. The molecular formula is C17H20N2O3S. The molecule has 1 N–H and O–H groups in total. The minimum absolute atomic E-state index is 0.0728. The van der Waals surface area contributed by atoms with Gasteiger partial charge in [-0.3, -0.25) is 9.59 Å². The Labute approximate surface area is 139 Å². The van der Waals surface area contributed by atoms with E-state index < -0.39 is 5.97 Å². The van der Waals surface area contributed by atoms with Crippen LogP contribution in [0.3, 0.4) is 0 Å². The van der Waals surface area contributed by atoms with Crippen molar-refractivity contribution in [1.82, 2.24) is 10.3 Å². The van der Waals surface area contributed by atoms with Gasteiger partial charge in [-0.15, -0.1) is 11.3 Å². The van der Waals surface area contributed by atoms with Crippen LogP contribution in [0, 0.1) is 6.92 Å². The quantitative estimate of drug-likeness (QED) is 0.792. The second kappa shape index (κ2) is 8.43. The molecule has 5 nitrogen and oxygen atoms in total. The average molecular weight is 332 g/mol. The molecule has 2 aromatic rings. The summed E-state index contributed by atoms with van der Waals surface area (Å²) in [6, 6.07) is 8.05. The number of nitrogens with one attached hydrogen (secondary N) is 1. The SMILES string of the molecule is CCCNC(=O)COC(=O)Cc1csc(-c2cccc(C)c2)n1. The number of esters is 1. The summed E-state index contributed by atoms with van der Waals surface area (Å²) in [5.74, 6) is -0.725. The predicted molar refractivity (Wildman–Crippen MR) is 90.3 cm³/mol. The second-order valence-corrected chi connectivity index (χ2v) is 6.06. The van der Waals surface area contributed by atoms with Crippen LogP contribution in [0.2, 0.25) is 0 Å². The van der Waals surface area contributed by atoms with Gasteiger partial charge >= 0.3 is 5.97 Å². The van der Waals surface area contributed by atoms with Gasteiger partial charge in [-0.1, -0.05) is 30.7 Å². The Morgan fingerprint density at radius 3 is 2.91 bits per heavy atom. The van der Waals surface area contributed by atoms with Crippen molar-refractivity contribution in [2.75, 3.05) is 13.2 Å². The van der Waals surface area contributed by atoms with Gasteiger partial charge in [0.1, 0.15) is 5.01 Å². The van der Waals surface area contributed by atoms with Gasteiger partial charge in [0.2, 0.25) is 0 Å². The van der Waals surface area contributed by atoms with Gasteiger partial charge < -0.3 is 10.1 Å². The van der Waals surface area contributed by atoms with Crippen molar-refractivity contribution >= 4 is 23.2 Å². The lowest BCUT2D eigenvalue weighted by atomic mass is 10.1. The molecule has 0 spiro atoms. The number of aromatic nitrogens is 1. The number of aryl methyl sites for hydroxylation is 1. The lowest BCUT2D eigenvalue weighted by Gasteiger charge is -2.04. The highest BCUT2D eigenvalue weighted by Crippen LogP contribution is 2.24. The van der Waals surface area contributed by atoms with Crippen LogP contribution >= 0.6 is 11.3 Å². The maximum absolute atomic E-state index is 11.8. The Kier molecular flexibility index (Phi) is 6.29. The zero-order chi connectivity index (χ0) is 16.7. The van der Waals surface area contributed by atoms with Crippen LogP contribution in [0.15, 0.2) is 29.6 Å². The van der Waals surface area contributed by atoms with Crippen molar-refractivity contribution in [3.8, 4) is 10.6 Å². The zero-order valence-electron chi connectivity index (χ0n) is 13.3. The van der Waals surface area contributed by atoms with E-state index in [0.717, 1.165) is 22.6 Å². The molecule has 122 valence electrons. The van der Waals surface area contributed by atoms with Crippen LogP contribution in [0.4, 0.5) is 0 Å². The molecule has 0 radical (unpaired) electrons. The third-order valence-electron chi connectivity index (χ3n) is 3.08. The number of ether oxygens (including phenoxy) is 1. The van der Waals surface area contributed by atoms with Gasteiger partial charge in [0.15, 0.2) is 6.61 Å². The van der Waals surface area contributed by atoms with Crippen molar-refractivity contribution in [3.63, 3.8) is 0 Å². The fraction of sp³-hybridized carbons (Fsp3) is 0.353. The maximum atomic E-state index is 11.8. The Morgan fingerprint density at radius 1 is 1.35 bits per heavy atom. The van der Waals surface area contributed by atoms with E-state index in [0.29, 0.717) is 12.2 Å². The van der Waals surface area contributed by atoms with E-state index in [9.17, 15) is 9.59 Å². The number of amides is 1. The summed E-state index contributed by atoms with van der Waals surface area (Å²) in [5.41, 5.74) is 2.86. The predicted octanol–water partition coefficient (Wildman–Crippen LogP) is 2.73. The van der Waals surface area contributed by atoms with Crippen LogP contribution in [0.1, 0.15) is 24.6 Å². The molecule has 0 unspecified atom stereocenters. The number of nitrogens with zero attached hydrogens (tertiary/aromatic N) is 1. The maximum Gasteiger partial charge on any atom is 0.312 e. The minimum atomic E-state index is -0.447. The Hall–Kier alpha value is -2.21. The highest BCUT2D eigenvalue weighted by Gasteiger charge is 2.11. The Morgan fingerprint density at radius 2 is 2.17 bits per heavy atom. The molecule has 0 saturated carbocycles. The molecule has 0 aliphatic rings. The first-order valence-electron chi connectivity index (χ1n) is 7.52. The number of carbonyl (C=O) groups excluding carboxylic acids is 2. The smallest absolute Gasteiger partial charge is 0.312 e. The lowest BCUT2D eigenvalue weighted by Crippen LogP contribution is -2.29. The van der Waals surface area contributed by atoms with E-state index in [2.05, 4.69) is 16.4 Å². The molecule has 0 aliphatic heterocycles. The first-order chi connectivity index (χ1) is 11.1. The molecule has 0 atom stereocenters. The molecule has 23 heavy (non-hydrogen) atoms. The van der Waals surface area contributed by atoms with Gasteiger partial charge in [-0.05, 0) is 19.4 Å². The minimum Gasteiger partial charge on any atom is -0.455 e. The second-order valence-electron chi connectivity index (χ2n) is 5.20. The average Bonchev–Trinajstić information content (AvgIpc) is 2.99. The lowest BCUT2D eigenvalue weighted by molar-refractivity contribution is -0.147. The van der Waals surface area contributed by atoms with E-state index in [4.69, 9.17) is 4.74 Å². The summed E-state index contributed by atoms with van der Waals surface area (Å²) >= 11 is 1.49. The largest absolute Gasteiger partial charge is 0.455 e. The van der Waals surface area contributed by atoms with Crippen molar-refractivity contribution in [2.45, 2.75) is 26.7 Å². The van der Waals surface area contributed by atoms with Crippen LogP contribution in [-0.4, -0.2) is 30.0 Å². The summed E-state index contributed by atoms with van der Waals surface area (Å²) in [6.45, 7) is 4.33. The normalized spacial score (nSPS) is 10.3. The van der Waals surface area contributed by atoms with Crippen molar-refractivity contribution < 1.29 is 14.3 Å². The van der Waals surface area contributed by atoms with Gasteiger partial charge in [0.05, 0.1) is 12.1 Å². The summed E-state index contributed by atoms with van der Waals surface area (Å²) in [5, 5.41) is 5.37. The van der Waals surface area contributed by atoms with E-state index in [-0.39, 0.29) is 18.9 Å². The molecule has 1 aromatic carbocycles. The first-order valence-corrected chi connectivity index (χ1v) is 8.40. The van der Waals surface area contributed by atoms with E-state index >= 15 is 0 Å². The van der Waals surface area contributed by atoms with Crippen molar-refractivity contribution in [3.05, 3.63) is 40.9 Å². The van der Waals surface area contributed by atoms with Gasteiger partial charge in [0, 0.05) is 17.5 Å². The fourth-order valence-electron chi connectivity index (χ4n) is 1.96. The zero-order valence-corrected chi connectivity index (χ0v) is 14.1. The third kappa shape index (κ3) is 5.49. The molecule has 6 heteroatoms. The fourth-order valence-corrected chi connectivity index (χ4v) is 2.78. The molecular weight excluding hydrogens is 312 g/mol. The van der Waals surface area contributed by atoms with Crippen LogP contribution in [-0.2, 0) is 20.7 Å². The van der Waals surface area contributed by atoms with Crippen molar-refractivity contribution in [1.29, 1.82) is 0 Å². The first kappa shape index (κ1) is 17.1. The van der Waals surface area contributed by atoms with E-state index in [1.54, 1.807) is 0 Å². The molecule has 0 bridgehead atoms. The standard InChI is InChI=1S/C17H20N2O3S/c1-3-7-18-15(20)10-22-16(21)9-14-11-23-17(19-14)13-6-4-5-12(2)8-13/h4-6,8,11H,3,7,9-10H2,1-2H3,(H,18,20). The molecule has 1 amide bonds. The Bertz CT molecular complexity index is 682. The summed E-state index contributed by atoms with van der Waals surface area (Å²) in [7, 11) is 0. The van der Waals surface area contributed by atoms with Gasteiger partial charge in [0.25, 0.3) is 5.91 Å². The molecule has 0 saturated heterocycles. The summed E-state index contributed by atoms with van der Waals surface area (Å²) in [4.78, 5) is 27.6. The summed E-state index contributed by atoms with van der Waals surface area (Å²) in [6.07, 6.45) is 0.920. The van der Waals surface area contributed by atoms with Crippen LogP contribution in [0.25, 0.3) is 10.6 Å². The number of benzene rings is 1. The van der Waals surface area contributed by atoms with E-state index in [1.165, 1.54) is 11.3 Å². The van der Waals surface area contributed by atoms with Gasteiger partial charge in [-0.2, -0.15) is 0 Å². The highest BCUT2D eigenvalue weighted by atomic mass is 32.1. The van der Waals surface area contributed by atoms with Crippen LogP contribution in [0.5, 0.6) is 0 Å². The highest BCUT2D eigenvalue weighted by molar-refractivity contribution is 7.13. The molecule has 2 rings (SSSR count). The topological polar surface area (TPSA) is 68.3 Å². The van der Waals surface area contributed by atoms with Crippen molar-refractivity contribution in [2.24, 2.45) is 0 Å². The Balaban J connectivity index is 1.86. The van der Waals surface area contributed by atoms with E-state index in [1.807, 2.05) is 37.4 Å². The third-order valence-corrected chi connectivity index (χ3v) is 4.02. The number of hydrogen-bond donors (Lipinski definition) is 1. The van der Waals surface area contributed by atoms with Gasteiger partial charge in [-0.25, -0.2) is 4.98 Å². The van der Waals surface area contributed by atoms with Crippen LogP contribution < -0.4 is 5.32 Å². The number of rotatable bonds is 7. The molecule has 1 aromatic heterocycles.